The van der Waals surface area contributed by atoms with E-state index in [1.54, 1.807) is 18.9 Å². The Morgan fingerprint density at radius 3 is 2.57 bits per heavy atom. The lowest BCUT2D eigenvalue weighted by atomic mass is 10.2. The molecule has 0 unspecified atom stereocenters. The molecule has 0 aromatic carbocycles. The zero-order chi connectivity index (χ0) is 15.1. The molecule has 1 amide bonds. The Morgan fingerprint density at radius 2 is 2.00 bits per heavy atom. The summed E-state index contributed by atoms with van der Waals surface area (Å²) in [6.45, 7) is 4.72. The number of aliphatic hydroxyl groups is 1. The maximum absolute atomic E-state index is 12.7. The minimum Gasteiger partial charge on any atom is -0.390 e. The van der Waals surface area contributed by atoms with E-state index < -0.39 is 6.10 Å². The molecule has 2 aliphatic rings. The molecule has 6 nitrogen and oxygen atoms in total. The predicted octanol–water partition coefficient (Wildman–Crippen LogP) is 0.663. The van der Waals surface area contributed by atoms with Gasteiger partial charge in [-0.1, -0.05) is 11.6 Å². The number of aliphatic hydroxyl groups excluding tert-OH is 1. The summed E-state index contributed by atoms with van der Waals surface area (Å²) < 4.78 is 1.52. The SMILES string of the molecule is Cc1nn(C)c(C(=O)N2C[C@H](O)[C@@H](N3CCCC3)C2)c1Cl. The average molecular weight is 313 g/mol. The standard InChI is InChI=1S/C14H21ClN4O2/c1-9-12(15)13(17(2)16-9)14(21)19-7-10(11(20)8-19)18-5-3-4-6-18/h10-11,20H,3-8H2,1-2H3/t10-,11-/m0/s1. The summed E-state index contributed by atoms with van der Waals surface area (Å²) in [6, 6.07) is 0.0459. The highest BCUT2D eigenvalue weighted by molar-refractivity contribution is 6.34. The van der Waals surface area contributed by atoms with Gasteiger partial charge < -0.3 is 10.0 Å². The Kier molecular flexibility index (Phi) is 3.94. The molecule has 2 aliphatic heterocycles. The molecular formula is C14H21ClN4O2. The third-order valence-corrected chi connectivity index (χ3v) is 4.96. The first-order chi connectivity index (χ1) is 9.99. The summed E-state index contributed by atoms with van der Waals surface area (Å²) in [5.74, 6) is -0.149. The predicted molar refractivity (Wildman–Crippen MR) is 79.5 cm³/mol. The molecule has 116 valence electrons. The highest BCUT2D eigenvalue weighted by Crippen LogP contribution is 2.25. The fourth-order valence-corrected chi connectivity index (χ4v) is 3.62. The van der Waals surface area contributed by atoms with Crippen LogP contribution < -0.4 is 0 Å². The van der Waals surface area contributed by atoms with Crippen molar-refractivity contribution in [3.8, 4) is 0 Å². The molecule has 3 heterocycles. The number of aryl methyl sites for hydroxylation is 2. The second-order valence-electron chi connectivity index (χ2n) is 5.96. The fourth-order valence-electron chi connectivity index (χ4n) is 3.38. The van der Waals surface area contributed by atoms with Gasteiger partial charge in [-0.05, 0) is 32.9 Å². The smallest absolute Gasteiger partial charge is 0.273 e. The van der Waals surface area contributed by atoms with Crippen molar-refractivity contribution in [2.45, 2.75) is 31.9 Å². The van der Waals surface area contributed by atoms with Crippen LogP contribution in [-0.4, -0.2) is 68.9 Å². The van der Waals surface area contributed by atoms with Gasteiger partial charge in [-0.3, -0.25) is 14.4 Å². The van der Waals surface area contributed by atoms with Crippen LogP contribution in [-0.2, 0) is 7.05 Å². The Morgan fingerprint density at radius 1 is 1.33 bits per heavy atom. The highest BCUT2D eigenvalue weighted by atomic mass is 35.5. The summed E-state index contributed by atoms with van der Waals surface area (Å²) in [7, 11) is 1.72. The van der Waals surface area contributed by atoms with E-state index in [0.29, 0.717) is 29.5 Å². The Hall–Kier alpha value is -1.11. The number of likely N-dealkylation sites (tertiary alicyclic amines) is 2. The molecule has 1 N–H and O–H groups in total. The van der Waals surface area contributed by atoms with E-state index in [-0.39, 0.29) is 11.9 Å². The van der Waals surface area contributed by atoms with Crippen LogP contribution in [0.1, 0.15) is 29.0 Å². The summed E-state index contributed by atoms with van der Waals surface area (Å²) >= 11 is 6.18. The first-order valence-electron chi connectivity index (χ1n) is 7.39. The maximum Gasteiger partial charge on any atom is 0.273 e. The molecule has 2 fully saturated rings. The molecule has 3 rings (SSSR count). The largest absolute Gasteiger partial charge is 0.390 e. The number of nitrogens with zero attached hydrogens (tertiary/aromatic N) is 4. The van der Waals surface area contributed by atoms with Crippen LogP contribution in [0.4, 0.5) is 0 Å². The number of carbonyl (C=O) groups excluding carboxylic acids is 1. The molecule has 0 saturated carbocycles. The average Bonchev–Trinajstić information content (AvgIpc) is 3.11. The van der Waals surface area contributed by atoms with Gasteiger partial charge in [0, 0.05) is 20.1 Å². The maximum atomic E-state index is 12.7. The van der Waals surface area contributed by atoms with Crippen LogP contribution in [0.25, 0.3) is 0 Å². The zero-order valence-corrected chi connectivity index (χ0v) is 13.2. The Labute approximate surface area is 129 Å². The molecule has 0 radical (unpaired) electrons. The molecule has 21 heavy (non-hydrogen) atoms. The highest BCUT2D eigenvalue weighted by Gasteiger charge is 2.39. The van der Waals surface area contributed by atoms with Crippen LogP contribution in [0.15, 0.2) is 0 Å². The van der Waals surface area contributed by atoms with Crippen LogP contribution in [0.3, 0.4) is 0 Å². The van der Waals surface area contributed by atoms with Gasteiger partial charge in [-0.2, -0.15) is 5.10 Å². The van der Waals surface area contributed by atoms with Gasteiger partial charge in [0.25, 0.3) is 5.91 Å². The molecule has 1 aromatic heterocycles. The number of β-amino-alcohol motifs (C(OH)–C–C–N with tert-alkyl or cyclic N) is 1. The van der Waals surface area contributed by atoms with Crippen molar-refractivity contribution in [3.63, 3.8) is 0 Å². The van der Waals surface area contributed by atoms with Gasteiger partial charge in [0.05, 0.1) is 22.9 Å². The minimum absolute atomic E-state index is 0.0459. The number of carbonyl (C=O) groups is 1. The van der Waals surface area contributed by atoms with Gasteiger partial charge in [0.1, 0.15) is 5.69 Å². The van der Waals surface area contributed by atoms with Crippen LogP contribution in [0, 0.1) is 6.92 Å². The molecule has 0 aliphatic carbocycles. The molecule has 2 saturated heterocycles. The number of hydrogen-bond acceptors (Lipinski definition) is 4. The third kappa shape index (κ3) is 2.56. The second-order valence-corrected chi connectivity index (χ2v) is 6.34. The first kappa shape index (κ1) is 14.8. The third-order valence-electron chi connectivity index (χ3n) is 4.51. The van der Waals surface area contributed by atoms with Crippen molar-refractivity contribution in [1.82, 2.24) is 19.6 Å². The van der Waals surface area contributed by atoms with Gasteiger partial charge in [-0.15, -0.1) is 0 Å². The number of halogens is 1. The summed E-state index contributed by atoms with van der Waals surface area (Å²) in [6.07, 6.45) is 1.86. The number of aromatic nitrogens is 2. The van der Waals surface area contributed by atoms with Gasteiger partial charge in [0.2, 0.25) is 0 Å². The van der Waals surface area contributed by atoms with Crippen molar-refractivity contribution in [2.75, 3.05) is 26.2 Å². The number of hydrogen-bond donors (Lipinski definition) is 1. The quantitative estimate of drug-likeness (QED) is 0.871. The van der Waals surface area contributed by atoms with E-state index in [1.165, 1.54) is 17.5 Å². The molecule has 0 spiro atoms. The van der Waals surface area contributed by atoms with E-state index >= 15 is 0 Å². The van der Waals surface area contributed by atoms with E-state index in [1.807, 2.05) is 0 Å². The molecule has 0 bridgehead atoms. The van der Waals surface area contributed by atoms with E-state index in [0.717, 1.165) is 13.1 Å². The molecule has 2 atom stereocenters. The van der Waals surface area contributed by atoms with Gasteiger partial charge >= 0.3 is 0 Å². The monoisotopic (exact) mass is 312 g/mol. The fraction of sp³-hybridized carbons (Fsp3) is 0.714. The van der Waals surface area contributed by atoms with Crippen LogP contribution >= 0.6 is 11.6 Å². The molecule has 1 aromatic rings. The Balaban J connectivity index is 1.77. The lowest BCUT2D eigenvalue weighted by Crippen LogP contribution is -2.41. The second kappa shape index (κ2) is 5.59. The normalized spacial score (nSPS) is 26.8. The van der Waals surface area contributed by atoms with Crippen molar-refractivity contribution < 1.29 is 9.90 Å². The lowest BCUT2D eigenvalue weighted by Gasteiger charge is -2.25. The Bertz CT molecular complexity index is 553. The zero-order valence-electron chi connectivity index (χ0n) is 12.4. The van der Waals surface area contributed by atoms with Crippen molar-refractivity contribution >= 4 is 17.5 Å². The molecular weight excluding hydrogens is 292 g/mol. The van der Waals surface area contributed by atoms with E-state index in [4.69, 9.17) is 11.6 Å². The van der Waals surface area contributed by atoms with Gasteiger partial charge in [-0.25, -0.2) is 0 Å². The summed E-state index contributed by atoms with van der Waals surface area (Å²) in [5, 5.41) is 14.9. The summed E-state index contributed by atoms with van der Waals surface area (Å²) in [4.78, 5) is 16.6. The molecule has 7 heteroatoms. The summed E-state index contributed by atoms with van der Waals surface area (Å²) in [5.41, 5.74) is 1.06. The lowest BCUT2D eigenvalue weighted by molar-refractivity contribution is 0.0753. The number of amides is 1. The van der Waals surface area contributed by atoms with Gasteiger partial charge in [0.15, 0.2) is 0 Å². The van der Waals surface area contributed by atoms with Crippen molar-refractivity contribution in [1.29, 1.82) is 0 Å². The number of rotatable bonds is 2. The van der Waals surface area contributed by atoms with Crippen molar-refractivity contribution in [2.24, 2.45) is 7.05 Å². The minimum atomic E-state index is -0.486. The van der Waals surface area contributed by atoms with E-state index in [2.05, 4.69) is 10.00 Å². The van der Waals surface area contributed by atoms with E-state index in [9.17, 15) is 9.90 Å². The van der Waals surface area contributed by atoms with Crippen molar-refractivity contribution in [3.05, 3.63) is 16.4 Å². The van der Waals surface area contributed by atoms with Crippen LogP contribution in [0.5, 0.6) is 0 Å². The first-order valence-corrected chi connectivity index (χ1v) is 7.77. The van der Waals surface area contributed by atoms with Crippen LogP contribution in [0.2, 0.25) is 5.02 Å². The topological polar surface area (TPSA) is 61.6 Å².